The van der Waals surface area contributed by atoms with E-state index in [2.05, 4.69) is 85.1 Å². The number of fused-ring (bicyclic) bond motifs is 1. The molecule has 0 aliphatic carbocycles. The van der Waals surface area contributed by atoms with Crippen LogP contribution in [0.3, 0.4) is 0 Å². The van der Waals surface area contributed by atoms with Crippen LogP contribution >= 0.6 is 0 Å². The van der Waals surface area contributed by atoms with Gasteiger partial charge in [0, 0.05) is 18.3 Å². The number of nitrogens with zero attached hydrogens (tertiary/aromatic N) is 2. The molecule has 1 heterocycles. The van der Waals surface area contributed by atoms with E-state index in [1.807, 2.05) is 4.68 Å². The summed E-state index contributed by atoms with van der Waals surface area (Å²) < 4.78 is 2.03. The maximum Gasteiger partial charge on any atom is 0.0923 e. The molecule has 4 aromatic rings. The first-order valence-electron chi connectivity index (χ1n) is 7.95. The smallest absolute Gasteiger partial charge is 0.0923 e. The highest BCUT2D eigenvalue weighted by atomic mass is 15.3. The largest absolute Gasteiger partial charge is 0.272 e. The molecule has 0 spiro atoms. The first-order valence-corrected chi connectivity index (χ1v) is 7.95. The Labute approximate surface area is 136 Å². The second kappa shape index (κ2) is 6.09. The molecule has 0 aliphatic heterocycles. The van der Waals surface area contributed by atoms with Gasteiger partial charge in [0.2, 0.25) is 0 Å². The van der Waals surface area contributed by atoms with Gasteiger partial charge in [-0.2, -0.15) is 5.10 Å². The number of hydrogen-bond donors (Lipinski definition) is 0. The lowest BCUT2D eigenvalue weighted by atomic mass is 10.1. The standard InChI is InChI=1S/C21H18N2/c1-2-6-17(7-3-1)12-14-23-15-13-21(22-23)20-11-10-18-8-4-5-9-19(18)16-20/h1-11,13,15-16H,12,14H2. The summed E-state index contributed by atoms with van der Waals surface area (Å²) in [5, 5.41) is 7.24. The maximum absolute atomic E-state index is 4.72. The Hall–Kier alpha value is -2.87. The molecule has 3 aromatic carbocycles. The average Bonchev–Trinajstić information content (AvgIpc) is 3.09. The summed E-state index contributed by atoms with van der Waals surface area (Å²) in [6.45, 7) is 0.900. The van der Waals surface area contributed by atoms with E-state index in [4.69, 9.17) is 5.10 Å². The Morgan fingerprint density at radius 1 is 0.739 bits per heavy atom. The van der Waals surface area contributed by atoms with Gasteiger partial charge in [0.25, 0.3) is 0 Å². The van der Waals surface area contributed by atoms with Gasteiger partial charge in [-0.05, 0) is 34.9 Å². The molecule has 0 aliphatic rings. The lowest BCUT2D eigenvalue weighted by Crippen LogP contribution is -2.01. The summed E-state index contributed by atoms with van der Waals surface area (Å²) in [5.74, 6) is 0. The lowest BCUT2D eigenvalue weighted by molar-refractivity contribution is 0.617. The molecule has 112 valence electrons. The molecule has 0 N–H and O–H groups in total. The van der Waals surface area contributed by atoms with Crippen molar-refractivity contribution in [3.05, 3.63) is 90.6 Å². The van der Waals surface area contributed by atoms with E-state index < -0.39 is 0 Å². The molecule has 23 heavy (non-hydrogen) atoms. The predicted octanol–water partition coefficient (Wildman–Crippen LogP) is 4.95. The SMILES string of the molecule is c1ccc(CCn2ccc(-c3ccc4ccccc4c3)n2)cc1. The van der Waals surface area contributed by atoms with Crippen LogP contribution in [0.2, 0.25) is 0 Å². The molecule has 2 heteroatoms. The molecule has 4 rings (SSSR count). The third-order valence-corrected chi connectivity index (χ3v) is 4.16. The van der Waals surface area contributed by atoms with Crippen LogP contribution in [0.4, 0.5) is 0 Å². The van der Waals surface area contributed by atoms with Crippen LogP contribution in [0, 0.1) is 0 Å². The zero-order valence-electron chi connectivity index (χ0n) is 12.9. The zero-order valence-corrected chi connectivity index (χ0v) is 12.9. The fraction of sp³-hybridized carbons (Fsp3) is 0.0952. The van der Waals surface area contributed by atoms with Crippen LogP contribution in [0.1, 0.15) is 5.56 Å². The van der Waals surface area contributed by atoms with Gasteiger partial charge in [0.1, 0.15) is 0 Å². The monoisotopic (exact) mass is 298 g/mol. The Kier molecular flexibility index (Phi) is 3.65. The van der Waals surface area contributed by atoms with E-state index in [0.29, 0.717) is 0 Å². The summed E-state index contributed by atoms with van der Waals surface area (Å²) >= 11 is 0. The molecule has 0 radical (unpaired) electrons. The van der Waals surface area contributed by atoms with Gasteiger partial charge in [0.05, 0.1) is 5.69 Å². The lowest BCUT2D eigenvalue weighted by Gasteiger charge is -2.03. The van der Waals surface area contributed by atoms with Crippen LogP contribution in [0.25, 0.3) is 22.0 Å². The van der Waals surface area contributed by atoms with Gasteiger partial charge < -0.3 is 0 Å². The van der Waals surface area contributed by atoms with Crippen LogP contribution in [0.5, 0.6) is 0 Å². The van der Waals surface area contributed by atoms with E-state index in [0.717, 1.165) is 18.7 Å². The zero-order chi connectivity index (χ0) is 15.5. The van der Waals surface area contributed by atoms with Crippen molar-refractivity contribution in [2.24, 2.45) is 0 Å². The molecule has 0 saturated heterocycles. The van der Waals surface area contributed by atoms with Gasteiger partial charge >= 0.3 is 0 Å². The highest BCUT2D eigenvalue weighted by molar-refractivity contribution is 5.86. The number of rotatable bonds is 4. The summed E-state index contributed by atoms with van der Waals surface area (Å²) in [7, 11) is 0. The van der Waals surface area contributed by atoms with Crippen molar-refractivity contribution in [1.82, 2.24) is 9.78 Å². The third kappa shape index (κ3) is 3.02. The molecule has 0 fully saturated rings. The quantitative estimate of drug-likeness (QED) is 0.521. The van der Waals surface area contributed by atoms with Crippen molar-refractivity contribution < 1.29 is 0 Å². The summed E-state index contributed by atoms with van der Waals surface area (Å²) in [6.07, 6.45) is 3.06. The molecular formula is C21H18N2. The molecule has 0 unspecified atom stereocenters. The average molecular weight is 298 g/mol. The fourth-order valence-corrected chi connectivity index (χ4v) is 2.88. The van der Waals surface area contributed by atoms with Gasteiger partial charge in [-0.1, -0.05) is 66.7 Å². The minimum atomic E-state index is 0.900. The summed E-state index contributed by atoms with van der Waals surface area (Å²) in [4.78, 5) is 0. The Morgan fingerprint density at radius 2 is 1.52 bits per heavy atom. The number of aryl methyl sites for hydroxylation is 2. The molecule has 0 atom stereocenters. The van der Waals surface area contributed by atoms with E-state index in [1.165, 1.54) is 21.9 Å². The van der Waals surface area contributed by atoms with Crippen LogP contribution in [-0.2, 0) is 13.0 Å². The maximum atomic E-state index is 4.72. The van der Waals surface area contributed by atoms with Gasteiger partial charge in [-0.15, -0.1) is 0 Å². The normalized spacial score (nSPS) is 11.0. The number of aromatic nitrogens is 2. The second-order valence-electron chi connectivity index (χ2n) is 5.76. The number of benzene rings is 3. The molecule has 2 nitrogen and oxygen atoms in total. The van der Waals surface area contributed by atoms with E-state index in [-0.39, 0.29) is 0 Å². The second-order valence-corrected chi connectivity index (χ2v) is 5.76. The minimum Gasteiger partial charge on any atom is -0.272 e. The van der Waals surface area contributed by atoms with Crippen LogP contribution < -0.4 is 0 Å². The molecule has 0 amide bonds. The van der Waals surface area contributed by atoms with Crippen LogP contribution in [-0.4, -0.2) is 9.78 Å². The first kappa shape index (κ1) is 13.8. The Bertz CT molecular complexity index is 923. The molecule has 0 saturated carbocycles. The molecule has 0 bridgehead atoms. The summed E-state index contributed by atoms with van der Waals surface area (Å²) in [6, 6.07) is 27.6. The molecular weight excluding hydrogens is 280 g/mol. The van der Waals surface area contributed by atoms with Crippen molar-refractivity contribution in [3.8, 4) is 11.3 Å². The molecule has 1 aromatic heterocycles. The first-order chi connectivity index (χ1) is 11.4. The van der Waals surface area contributed by atoms with Gasteiger partial charge in [-0.3, -0.25) is 4.68 Å². The number of hydrogen-bond acceptors (Lipinski definition) is 1. The van der Waals surface area contributed by atoms with Crippen molar-refractivity contribution in [1.29, 1.82) is 0 Å². The highest BCUT2D eigenvalue weighted by Crippen LogP contribution is 2.23. The third-order valence-electron chi connectivity index (χ3n) is 4.16. The van der Waals surface area contributed by atoms with Crippen LogP contribution in [0.15, 0.2) is 85.1 Å². The van der Waals surface area contributed by atoms with Gasteiger partial charge in [0.15, 0.2) is 0 Å². The van der Waals surface area contributed by atoms with E-state index in [9.17, 15) is 0 Å². The van der Waals surface area contributed by atoms with Crippen molar-refractivity contribution in [2.75, 3.05) is 0 Å². The fourth-order valence-electron chi connectivity index (χ4n) is 2.88. The Balaban J connectivity index is 1.54. The predicted molar refractivity (Wildman–Crippen MR) is 95.3 cm³/mol. The van der Waals surface area contributed by atoms with Crippen molar-refractivity contribution in [2.45, 2.75) is 13.0 Å². The van der Waals surface area contributed by atoms with Crippen molar-refractivity contribution in [3.63, 3.8) is 0 Å². The Morgan fingerprint density at radius 3 is 2.39 bits per heavy atom. The van der Waals surface area contributed by atoms with Gasteiger partial charge in [-0.25, -0.2) is 0 Å². The minimum absolute atomic E-state index is 0.900. The van der Waals surface area contributed by atoms with E-state index in [1.54, 1.807) is 0 Å². The summed E-state index contributed by atoms with van der Waals surface area (Å²) in [5.41, 5.74) is 3.54. The topological polar surface area (TPSA) is 17.8 Å². The highest BCUT2D eigenvalue weighted by Gasteiger charge is 2.04. The van der Waals surface area contributed by atoms with Crippen molar-refractivity contribution >= 4 is 10.8 Å². The van der Waals surface area contributed by atoms with E-state index >= 15 is 0 Å².